The maximum atomic E-state index is 10.1. The van der Waals surface area contributed by atoms with Gasteiger partial charge in [-0.05, 0) is 79.6 Å². The van der Waals surface area contributed by atoms with Crippen molar-refractivity contribution in [2.24, 2.45) is 29.1 Å². The topological polar surface area (TPSA) is 20.2 Å². The average Bonchev–Trinajstić information content (AvgIpc) is 2.49. The van der Waals surface area contributed by atoms with Crippen molar-refractivity contribution in [3.05, 3.63) is 12.2 Å². The molecule has 3 rings (SSSR count). The van der Waals surface area contributed by atoms with Crippen LogP contribution in [0.2, 0.25) is 0 Å². The summed E-state index contributed by atoms with van der Waals surface area (Å²) in [6.45, 7) is 9.12. The predicted octanol–water partition coefficient (Wildman–Crippen LogP) is 4.56. The molecule has 0 aliphatic heterocycles. The average molecular weight is 262 g/mol. The molecule has 3 fully saturated rings. The van der Waals surface area contributed by atoms with E-state index in [0.717, 1.165) is 42.1 Å². The van der Waals surface area contributed by atoms with Crippen molar-refractivity contribution in [3.63, 3.8) is 0 Å². The number of fused-ring (bicyclic) bond motifs is 3. The first-order chi connectivity index (χ1) is 8.99. The molecule has 0 aromatic rings. The zero-order valence-corrected chi connectivity index (χ0v) is 12.7. The van der Waals surface area contributed by atoms with E-state index in [4.69, 9.17) is 0 Å². The number of aliphatic hydroxyl groups excluding tert-OH is 1. The van der Waals surface area contributed by atoms with Gasteiger partial charge in [-0.1, -0.05) is 26.8 Å². The van der Waals surface area contributed by atoms with E-state index in [-0.39, 0.29) is 6.10 Å². The van der Waals surface area contributed by atoms with E-state index in [1.165, 1.54) is 38.5 Å². The Morgan fingerprint density at radius 1 is 1.05 bits per heavy atom. The normalized spacial score (nSPS) is 46.1. The first-order valence-corrected chi connectivity index (χ1v) is 8.35. The molecule has 0 spiro atoms. The van der Waals surface area contributed by atoms with Crippen molar-refractivity contribution in [1.82, 2.24) is 0 Å². The highest BCUT2D eigenvalue weighted by Gasteiger charge is 2.47. The summed E-state index contributed by atoms with van der Waals surface area (Å²) in [5, 5.41) is 10.1. The Morgan fingerprint density at radius 3 is 2.63 bits per heavy atom. The van der Waals surface area contributed by atoms with E-state index in [9.17, 15) is 5.11 Å². The second-order valence-corrected chi connectivity index (χ2v) is 8.11. The zero-order chi connectivity index (χ0) is 13.6. The molecule has 5 atom stereocenters. The minimum absolute atomic E-state index is 0.222. The molecule has 1 N–H and O–H groups in total. The van der Waals surface area contributed by atoms with Crippen LogP contribution < -0.4 is 0 Å². The fraction of sp³-hybridized carbons (Fsp3) is 0.889. The highest BCUT2D eigenvalue weighted by molar-refractivity contribution is 5.08. The summed E-state index contributed by atoms with van der Waals surface area (Å²) >= 11 is 0. The van der Waals surface area contributed by atoms with Gasteiger partial charge in [-0.15, -0.1) is 0 Å². The summed E-state index contributed by atoms with van der Waals surface area (Å²) in [5.74, 6) is 3.55. The summed E-state index contributed by atoms with van der Waals surface area (Å²) in [6.07, 6.45) is 10.1. The molecular formula is C18H30O. The lowest BCUT2D eigenvalue weighted by Crippen LogP contribution is -2.44. The fourth-order valence-corrected chi connectivity index (χ4v) is 5.56. The third kappa shape index (κ3) is 2.39. The molecule has 108 valence electrons. The molecule has 19 heavy (non-hydrogen) atoms. The highest BCUT2D eigenvalue weighted by Crippen LogP contribution is 2.56. The van der Waals surface area contributed by atoms with Gasteiger partial charge in [0.25, 0.3) is 0 Å². The van der Waals surface area contributed by atoms with Crippen LogP contribution in [0.25, 0.3) is 0 Å². The molecule has 0 radical (unpaired) electrons. The van der Waals surface area contributed by atoms with Gasteiger partial charge in [0.15, 0.2) is 0 Å². The Hall–Kier alpha value is -0.300. The van der Waals surface area contributed by atoms with Crippen LogP contribution in [0, 0.1) is 29.1 Å². The molecule has 0 bridgehead atoms. The number of aliphatic hydroxyl groups is 1. The number of rotatable bonds is 0. The van der Waals surface area contributed by atoms with Crippen molar-refractivity contribution in [3.8, 4) is 0 Å². The lowest BCUT2D eigenvalue weighted by atomic mass is 9.53. The first kappa shape index (κ1) is 13.7. The lowest BCUT2D eigenvalue weighted by Gasteiger charge is -2.52. The van der Waals surface area contributed by atoms with Crippen LogP contribution in [0.1, 0.15) is 65.2 Å². The molecule has 3 aliphatic rings. The van der Waals surface area contributed by atoms with Gasteiger partial charge in [-0.25, -0.2) is 0 Å². The van der Waals surface area contributed by atoms with E-state index in [1.54, 1.807) is 0 Å². The van der Waals surface area contributed by atoms with Crippen LogP contribution in [0.5, 0.6) is 0 Å². The van der Waals surface area contributed by atoms with Crippen molar-refractivity contribution >= 4 is 0 Å². The minimum Gasteiger partial charge on any atom is -0.389 e. The van der Waals surface area contributed by atoms with Gasteiger partial charge < -0.3 is 5.11 Å². The Kier molecular flexibility index (Phi) is 3.53. The molecule has 0 heterocycles. The lowest BCUT2D eigenvalue weighted by molar-refractivity contribution is -0.0254. The maximum Gasteiger partial charge on any atom is 0.0747 e. The van der Waals surface area contributed by atoms with Gasteiger partial charge >= 0.3 is 0 Å². The highest BCUT2D eigenvalue weighted by atomic mass is 16.3. The molecule has 1 nitrogen and oxygen atoms in total. The molecule has 3 saturated carbocycles. The maximum absolute atomic E-state index is 10.1. The van der Waals surface area contributed by atoms with Gasteiger partial charge in [0.05, 0.1) is 6.10 Å². The summed E-state index contributed by atoms with van der Waals surface area (Å²) in [7, 11) is 0. The summed E-state index contributed by atoms with van der Waals surface area (Å²) in [5.41, 5.74) is 1.66. The molecule has 1 heteroatoms. The largest absolute Gasteiger partial charge is 0.389 e. The predicted molar refractivity (Wildman–Crippen MR) is 79.8 cm³/mol. The molecular weight excluding hydrogens is 232 g/mol. The van der Waals surface area contributed by atoms with E-state index in [0.29, 0.717) is 5.41 Å². The SMILES string of the molecule is C=C1CC2CCC3C(CCCC3(C)C)C2CCC1O. The zero-order valence-electron chi connectivity index (χ0n) is 12.7. The van der Waals surface area contributed by atoms with Crippen LogP contribution in [0.15, 0.2) is 12.2 Å². The standard InChI is InChI=1S/C18H30O/c1-12-11-13-6-8-16-15(5-4-10-18(16,2)3)14(13)7-9-17(12)19/h13-17,19H,1,4-11H2,2-3H3. The smallest absolute Gasteiger partial charge is 0.0747 e. The van der Waals surface area contributed by atoms with Crippen molar-refractivity contribution in [2.75, 3.05) is 0 Å². The third-order valence-electron chi connectivity index (χ3n) is 6.65. The van der Waals surface area contributed by atoms with Crippen molar-refractivity contribution < 1.29 is 5.11 Å². The van der Waals surface area contributed by atoms with Gasteiger partial charge in [-0.2, -0.15) is 0 Å². The summed E-state index contributed by atoms with van der Waals surface area (Å²) in [4.78, 5) is 0. The summed E-state index contributed by atoms with van der Waals surface area (Å²) in [6, 6.07) is 0. The van der Waals surface area contributed by atoms with E-state index >= 15 is 0 Å². The van der Waals surface area contributed by atoms with E-state index in [1.807, 2.05) is 0 Å². The van der Waals surface area contributed by atoms with Gasteiger partial charge in [0.2, 0.25) is 0 Å². The Morgan fingerprint density at radius 2 is 1.84 bits per heavy atom. The Balaban J connectivity index is 1.82. The number of hydrogen-bond donors (Lipinski definition) is 1. The molecule has 0 saturated heterocycles. The second-order valence-electron chi connectivity index (χ2n) is 8.11. The molecule has 0 aromatic carbocycles. The number of hydrogen-bond acceptors (Lipinski definition) is 1. The van der Waals surface area contributed by atoms with Crippen LogP contribution in [-0.4, -0.2) is 11.2 Å². The van der Waals surface area contributed by atoms with Crippen LogP contribution >= 0.6 is 0 Å². The molecule has 0 aromatic heterocycles. The minimum atomic E-state index is -0.222. The van der Waals surface area contributed by atoms with Crippen LogP contribution in [0.4, 0.5) is 0 Å². The fourth-order valence-electron chi connectivity index (χ4n) is 5.56. The van der Waals surface area contributed by atoms with Crippen LogP contribution in [0.3, 0.4) is 0 Å². The molecule has 0 amide bonds. The second kappa shape index (κ2) is 4.91. The molecule has 3 aliphatic carbocycles. The Bertz CT molecular complexity index is 357. The van der Waals surface area contributed by atoms with Crippen LogP contribution in [-0.2, 0) is 0 Å². The van der Waals surface area contributed by atoms with Crippen molar-refractivity contribution in [2.45, 2.75) is 71.3 Å². The monoisotopic (exact) mass is 262 g/mol. The quantitative estimate of drug-likeness (QED) is 0.635. The van der Waals surface area contributed by atoms with E-state index < -0.39 is 0 Å². The van der Waals surface area contributed by atoms with Gasteiger partial charge in [-0.3, -0.25) is 0 Å². The summed E-state index contributed by atoms with van der Waals surface area (Å²) < 4.78 is 0. The van der Waals surface area contributed by atoms with Gasteiger partial charge in [0.1, 0.15) is 0 Å². The first-order valence-electron chi connectivity index (χ1n) is 8.35. The molecule has 5 unspecified atom stereocenters. The third-order valence-corrected chi connectivity index (χ3v) is 6.65. The Labute approximate surface area is 118 Å². The van der Waals surface area contributed by atoms with Crippen molar-refractivity contribution in [1.29, 1.82) is 0 Å². The van der Waals surface area contributed by atoms with Gasteiger partial charge in [0, 0.05) is 0 Å². The van der Waals surface area contributed by atoms with E-state index in [2.05, 4.69) is 20.4 Å².